The van der Waals surface area contributed by atoms with Crippen molar-refractivity contribution >= 4 is 16.6 Å². The number of anilines is 1. The fourth-order valence-electron chi connectivity index (χ4n) is 4.51. The molecule has 2 aliphatic rings. The predicted octanol–water partition coefficient (Wildman–Crippen LogP) is 3.39. The van der Waals surface area contributed by atoms with Crippen LogP contribution in [0.2, 0.25) is 0 Å². The summed E-state index contributed by atoms with van der Waals surface area (Å²) in [5.74, 6) is 1.52. The second kappa shape index (κ2) is 9.63. The van der Waals surface area contributed by atoms with E-state index in [0.717, 1.165) is 73.3 Å². The Hall–Kier alpha value is -2.05. The minimum absolute atomic E-state index is 0.191. The lowest BCUT2D eigenvalue weighted by Gasteiger charge is -2.18. The molecular formula is C23H33N3O3. The van der Waals surface area contributed by atoms with Crippen molar-refractivity contribution in [2.45, 2.75) is 44.9 Å². The van der Waals surface area contributed by atoms with Crippen molar-refractivity contribution in [2.24, 2.45) is 0 Å². The molecule has 158 valence electrons. The van der Waals surface area contributed by atoms with Crippen molar-refractivity contribution < 1.29 is 14.6 Å². The average molecular weight is 400 g/mol. The van der Waals surface area contributed by atoms with Crippen molar-refractivity contribution in [2.75, 3.05) is 51.8 Å². The molecule has 6 nitrogen and oxygen atoms in total. The second-order valence-corrected chi connectivity index (χ2v) is 8.04. The average Bonchev–Trinajstić information content (AvgIpc) is 3.42. The van der Waals surface area contributed by atoms with E-state index in [-0.39, 0.29) is 6.61 Å². The van der Waals surface area contributed by atoms with Gasteiger partial charge < -0.3 is 24.8 Å². The van der Waals surface area contributed by atoms with Gasteiger partial charge in [0.15, 0.2) is 11.5 Å². The molecule has 1 aliphatic carbocycles. The van der Waals surface area contributed by atoms with Crippen LogP contribution >= 0.6 is 0 Å². The van der Waals surface area contributed by atoms with Crippen molar-refractivity contribution in [1.29, 1.82) is 0 Å². The third kappa shape index (κ3) is 4.59. The maximum absolute atomic E-state index is 9.15. The number of aliphatic hydroxyl groups is 1. The van der Waals surface area contributed by atoms with Crippen LogP contribution in [-0.4, -0.2) is 61.5 Å². The normalized spacial score (nSPS) is 16.3. The molecule has 0 amide bonds. The molecule has 0 radical (unpaired) electrons. The maximum Gasteiger partial charge on any atom is 0.163 e. The smallest absolute Gasteiger partial charge is 0.163 e. The summed E-state index contributed by atoms with van der Waals surface area (Å²) in [5, 5.41) is 13.8. The summed E-state index contributed by atoms with van der Waals surface area (Å²) < 4.78 is 11.8. The van der Waals surface area contributed by atoms with E-state index < -0.39 is 0 Å². The minimum atomic E-state index is 0.191. The first-order valence-electron chi connectivity index (χ1n) is 11.0. The van der Waals surface area contributed by atoms with Gasteiger partial charge in [0, 0.05) is 42.5 Å². The van der Waals surface area contributed by atoms with Crippen molar-refractivity contribution in [3.05, 3.63) is 23.4 Å². The molecule has 1 aromatic carbocycles. The Labute approximate surface area is 173 Å². The highest BCUT2D eigenvalue weighted by Gasteiger charge is 2.21. The van der Waals surface area contributed by atoms with Crippen LogP contribution in [0.5, 0.6) is 11.5 Å². The zero-order chi connectivity index (χ0) is 20.1. The lowest BCUT2D eigenvalue weighted by molar-refractivity contribution is 0.254. The summed E-state index contributed by atoms with van der Waals surface area (Å²) in [4.78, 5) is 7.45. The zero-order valence-electron chi connectivity index (χ0n) is 17.5. The topological polar surface area (TPSA) is 66.8 Å². The number of fused-ring (bicyclic) bond motifs is 2. The fraction of sp³-hybridized carbons (Fsp3) is 0.609. The Kier molecular flexibility index (Phi) is 6.72. The number of likely N-dealkylation sites (tertiary alicyclic amines) is 1. The lowest BCUT2D eigenvalue weighted by Crippen LogP contribution is -2.21. The predicted molar refractivity (Wildman–Crippen MR) is 116 cm³/mol. The first kappa shape index (κ1) is 20.2. The number of nitrogens with one attached hydrogen (secondary N) is 1. The molecule has 2 N–H and O–H groups in total. The number of aromatic nitrogens is 1. The van der Waals surface area contributed by atoms with Gasteiger partial charge in [-0.2, -0.15) is 0 Å². The molecule has 1 aromatic heterocycles. The molecule has 0 bridgehead atoms. The summed E-state index contributed by atoms with van der Waals surface area (Å²) in [6.45, 7) is 5.17. The minimum Gasteiger partial charge on any atom is -0.493 e. The van der Waals surface area contributed by atoms with E-state index in [2.05, 4.69) is 16.3 Å². The number of pyridine rings is 1. The van der Waals surface area contributed by atoms with Gasteiger partial charge in [-0.1, -0.05) is 0 Å². The second-order valence-electron chi connectivity index (χ2n) is 8.04. The molecule has 4 rings (SSSR count). The van der Waals surface area contributed by atoms with E-state index in [9.17, 15) is 0 Å². The first-order valence-corrected chi connectivity index (χ1v) is 11.0. The van der Waals surface area contributed by atoms with Gasteiger partial charge in [-0.25, -0.2) is 0 Å². The summed E-state index contributed by atoms with van der Waals surface area (Å²) >= 11 is 0. The van der Waals surface area contributed by atoms with E-state index in [0.29, 0.717) is 6.61 Å². The Bertz CT molecular complexity index is 834. The van der Waals surface area contributed by atoms with Gasteiger partial charge in [0.25, 0.3) is 0 Å². The number of rotatable bonds is 10. The Morgan fingerprint density at radius 1 is 1.10 bits per heavy atom. The van der Waals surface area contributed by atoms with Gasteiger partial charge in [-0.15, -0.1) is 0 Å². The highest BCUT2D eigenvalue weighted by Crippen LogP contribution is 2.39. The fourth-order valence-corrected chi connectivity index (χ4v) is 4.51. The number of aryl methyl sites for hydroxylation is 1. The van der Waals surface area contributed by atoms with Gasteiger partial charge in [-0.05, 0) is 69.7 Å². The van der Waals surface area contributed by atoms with Crippen LogP contribution in [0.15, 0.2) is 12.1 Å². The van der Waals surface area contributed by atoms with Crippen LogP contribution in [-0.2, 0) is 12.8 Å². The van der Waals surface area contributed by atoms with Crippen molar-refractivity contribution in [3.63, 3.8) is 0 Å². The number of methoxy groups -OCH3 is 1. The van der Waals surface area contributed by atoms with Gasteiger partial charge in [0.2, 0.25) is 0 Å². The SMILES string of the molecule is COc1cc2c(NCCCO)c3c(nc2cc1OCCCN1CCCC1)CCC3. The summed E-state index contributed by atoms with van der Waals surface area (Å²) in [6, 6.07) is 4.08. The standard InChI is InChI=1S/C23H33N3O3/c1-28-21-15-18-20(16-22(21)29-14-6-12-26-10-2-3-11-26)25-19-8-4-7-17(19)23(18)24-9-5-13-27/h15-16,27H,2-14H2,1H3,(H,24,25). The third-order valence-corrected chi connectivity index (χ3v) is 6.01. The van der Waals surface area contributed by atoms with E-state index in [4.69, 9.17) is 19.6 Å². The van der Waals surface area contributed by atoms with E-state index in [1.807, 2.05) is 6.07 Å². The van der Waals surface area contributed by atoms with Crippen LogP contribution in [0, 0.1) is 0 Å². The Balaban J connectivity index is 1.55. The molecule has 1 saturated heterocycles. The molecule has 2 heterocycles. The lowest BCUT2D eigenvalue weighted by atomic mass is 10.1. The highest BCUT2D eigenvalue weighted by atomic mass is 16.5. The maximum atomic E-state index is 9.15. The highest BCUT2D eigenvalue weighted by molar-refractivity contribution is 5.96. The molecule has 6 heteroatoms. The summed E-state index contributed by atoms with van der Waals surface area (Å²) in [5.41, 5.74) is 4.60. The van der Waals surface area contributed by atoms with E-state index in [1.165, 1.54) is 37.2 Å². The molecule has 1 fully saturated rings. The number of nitrogens with zero attached hydrogens (tertiary/aromatic N) is 2. The molecule has 0 unspecified atom stereocenters. The van der Waals surface area contributed by atoms with Crippen LogP contribution in [0.1, 0.15) is 43.4 Å². The van der Waals surface area contributed by atoms with Gasteiger partial charge >= 0.3 is 0 Å². The number of aliphatic hydroxyl groups excluding tert-OH is 1. The molecular weight excluding hydrogens is 366 g/mol. The van der Waals surface area contributed by atoms with Crippen molar-refractivity contribution in [1.82, 2.24) is 9.88 Å². The molecule has 2 aromatic rings. The monoisotopic (exact) mass is 399 g/mol. The quantitative estimate of drug-likeness (QED) is 0.597. The largest absolute Gasteiger partial charge is 0.493 e. The first-order chi connectivity index (χ1) is 14.3. The number of hydrogen-bond donors (Lipinski definition) is 2. The molecule has 0 atom stereocenters. The summed E-state index contributed by atoms with van der Waals surface area (Å²) in [6.07, 6.45) is 7.62. The van der Waals surface area contributed by atoms with Crippen molar-refractivity contribution in [3.8, 4) is 11.5 Å². The number of benzene rings is 1. The van der Waals surface area contributed by atoms with Crippen LogP contribution in [0.25, 0.3) is 10.9 Å². The molecule has 29 heavy (non-hydrogen) atoms. The molecule has 0 saturated carbocycles. The zero-order valence-corrected chi connectivity index (χ0v) is 17.5. The van der Waals surface area contributed by atoms with E-state index in [1.54, 1.807) is 7.11 Å². The summed E-state index contributed by atoms with van der Waals surface area (Å²) in [7, 11) is 1.69. The molecule has 0 spiro atoms. The van der Waals surface area contributed by atoms with Gasteiger partial charge in [-0.3, -0.25) is 4.98 Å². The Morgan fingerprint density at radius 3 is 2.76 bits per heavy atom. The third-order valence-electron chi connectivity index (χ3n) is 6.01. The number of ether oxygens (including phenoxy) is 2. The van der Waals surface area contributed by atoms with Gasteiger partial charge in [0.05, 0.1) is 19.2 Å². The van der Waals surface area contributed by atoms with Crippen LogP contribution in [0.4, 0.5) is 5.69 Å². The van der Waals surface area contributed by atoms with E-state index >= 15 is 0 Å². The Morgan fingerprint density at radius 2 is 1.97 bits per heavy atom. The van der Waals surface area contributed by atoms with Crippen LogP contribution in [0.3, 0.4) is 0 Å². The molecule has 1 aliphatic heterocycles. The number of hydrogen-bond acceptors (Lipinski definition) is 6. The van der Waals surface area contributed by atoms with Gasteiger partial charge in [0.1, 0.15) is 0 Å². The van der Waals surface area contributed by atoms with Crippen LogP contribution < -0.4 is 14.8 Å².